The molecule has 18 heavy (non-hydrogen) atoms. The minimum atomic E-state index is -0.169. The van der Waals surface area contributed by atoms with Crippen LogP contribution >= 0.6 is 15.9 Å². The molecule has 0 bridgehead atoms. The second-order valence-electron chi connectivity index (χ2n) is 4.36. The minimum Gasteiger partial charge on any atom is -0.383 e. The molecule has 1 aliphatic rings. The van der Waals surface area contributed by atoms with Crippen LogP contribution in [0.4, 0.5) is 5.69 Å². The Bertz CT molecular complexity index is 550. The van der Waals surface area contributed by atoms with Crippen molar-refractivity contribution in [3.05, 3.63) is 40.0 Å². The van der Waals surface area contributed by atoms with Gasteiger partial charge in [-0.25, -0.2) is 0 Å². The molecule has 1 aromatic rings. The molecule has 0 saturated carbocycles. The third-order valence-electron chi connectivity index (χ3n) is 2.56. The zero-order chi connectivity index (χ0) is 13.3. The van der Waals surface area contributed by atoms with Gasteiger partial charge in [-0.05, 0) is 18.2 Å². The van der Waals surface area contributed by atoms with E-state index in [-0.39, 0.29) is 18.1 Å². The molecule has 0 fully saturated rings. The Morgan fingerprint density at radius 3 is 2.72 bits per heavy atom. The van der Waals surface area contributed by atoms with E-state index < -0.39 is 0 Å². The molecule has 1 amide bonds. The fourth-order valence-electron chi connectivity index (χ4n) is 1.85. The Hall–Kier alpha value is -1.62. The van der Waals surface area contributed by atoms with Crippen LogP contribution in [0.2, 0.25) is 0 Å². The zero-order valence-electron chi connectivity index (χ0n) is 10.2. The van der Waals surface area contributed by atoms with Gasteiger partial charge in [-0.2, -0.15) is 0 Å². The number of nitrogens with one attached hydrogen (secondary N) is 1. The summed E-state index contributed by atoms with van der Waals surface area (Å²) >= 11 is 3.33. The maximum absolute atomic E-state index is 12.4. The number of amides is 1. The third kappa shape index (κ3) is 2.61. The molecule has 0 unspecified atom stereocenters. The van der Waals surface area contributed by atoms with E-state index in [0.717, 1.165) is 4.47 Å². The summed E-state index contributed by atoms with van der Waals surface area (Å²) in [6.07, 6.45) is 1.79. The van der Waals surface area contributed by atoms with Crippen molar-refractivity contribution in [2.24, 2.45) is 0 Å². The normalized spacial score (nSPS) is 17.2. The molecule has 0 saturated heterocycles. The number of hydrogen-bond donors (Lipinski definition) is 1. The fourth-order valence-corrected chi connectivity index (χ4v) is 2.21. The van der Waals surface area contributed by atoms with Gasteiger partial charge in [0, 0.05) is 35.9 Å². The highest BCUT2D eigenvalue weighted by Crippen LogP contribution is 2.27. The molecule has 1 aliphatic heterocycles. The summed E-state index contributed by atoms with van der Waals surface area (Å²) in [6.45, 7) is 0. The first-order valence-electron chi connectivity index (χ1n) is 5.48. The van der Waals surface area contributed by atoms with E-state index in [1.54, 1.807) is 29.3 Å². The lowest BCUT2D eigenvalue weighted by molar-refractivity contribution is -0.115. The number of rotatable bonds is 1. The van der Waals surface area contributed by atoms with E-state index in [0.29, 0.717) is 16.8 Å². The van der Waals surface area contributed by atoms with Crippen LogP contribution in [-0.4, -0.2) is 30.7 Å². The van der Waals surface area contributed by atoms with E-state index in [2.05, 4.69) is 21.2 Å². The lowest BCUT2D eigenvalue weighted by atomic mass is 10.0. The molecule has 1 heterocycles. The van der Waals surface area contributed by atoms with Crippen LogP contribution in [0.15, 0.2) is 34.4 Å². The lowest BCUT2D eigenvalue weighted by Crippen LogP contribution is -2.12. The topological polar surface area (TPSA) is 49.4 Å². The molecule has 1 aromatic carbocycles. The Kier molecular flexibility index (Phi) is 3.52. The maximum atomic E-state index is 12.4. The maximum Gasteiger partial charge on any atom is 0.229 e. The van der Waals surface area contributed by atoms with Crippen LogP contribution < -0.4 is 5.32 Å². The summed E-state index contributed by atoms with van der Waals surface area (Å²) in [5.74, 6) is -0.282. The fraction of sp³-hybridized carbons (Fsp3) is 0.231. The summed E-state index contributed by atoms with van der Waals surface area (Å²) < 4.78 is 0.815. The zero-order valence-corrected chi connectivity index (χ0v) is 11.7. The van der Waals surface area contributed by atoms with Gasteiger partial charge in [-0.1, -0.05) is 15.9 Å². The van der Waals surface area contributed by atoms with E-state index >= 15 is 0 Å². The number of ketones is 1. The van der Waals surface area contributed by atoms with Crippen LogP contribution in [0, 0.1) is 0 Å². The molecule has 1 N–H and O–H groups in total. The lowest BCUT2D eigenvalue weighted by Gasteiger charge is -2.08. The van der Waals surface area contributed by atoms with Gasteiger partial charge in [-0.15, -0.1) is 0 Å². The van der Waals surface area contributed by atoms with Crippen molar-refractivity contribution in [1.29, 1.82) is 0 Å². The summed E-state index contributed by atoms with van der Waals surface area (Å²) in [4.78, 5) is 25.9. The van der Waals surface area contributed by atoms with Gasteiger partial charge in [0.25, 0.3) is 0 Å². The highest BCUT2D eigenvalue weighted by Gasteiger charge is 2.24. The Labute approximate surface area is 114 Å². The average Bonchev–Trinajstić information content (AvgIpc) is 2.38. The average molecular weight is 309 g/mol. The monoisotopic (exact) mass is 308 g/mol. The number of carbonyl (C=O) groups is 2. The summed E-state index contributed by atoms with van der Waals surface area (Å²) in [5.41, 5.74) is 1.58. The summed E-state index contributed by atoms with van der Waals surface area (Å²) in [7, 11) is 3.65. The van der Waals surface area contributed by atoms with E-state index in [4.69, 9.17) is 0 Å². The molecule has 0 aromatic heterocycles. The Morgan fingerprint density at radius 1 is 1.33 bits per heavy atom. The first-order valence-corrected chi connectivity index (χ1v) is 6.28. The second kappa shape index (κ2) is 4.94. The van der Waals surface area contributed by atoms with Gasteiger partial charge in [0.2, 0.25) is 5.91 Å². The predicted molar refractivity (Wildman–Crippen MR) is 73.5 cm³/mol. The van der Waals surface area contributed by atoms with Gasteiger partial charge >= 0.3 is 0 Å². The number of hydrogen-bond acceptors (Lipinski definition) is 3. The number of anilines is 1. The van der Waals surface area contributed by atoms with Crippen LogP contribution in [0.5, 0.6) is 0 Å². The number of carbonyl (C=O) groups excluding carboxylic acids is 2. The second-order valence-corrected chi connectivity index (χ2v) is 5.28. The van der Waals surface area contributed by atoms with E-state index in [9.17, 15) is 9.59 Å². The van der Waals surface area contributed by atoms with Gasteiger partial charge in [0.15, 0.2) is 5.78 Å². The number of nitrogens with zero attached hydrogens (tertiary/aromatic N) is 1. The van der Waals surface area contributed by atoms with Gasteiger partial charge in [-0.3, -0.25) is 9.59 Å². The minimum absolute atomic E-state index is 0.101. The molecule has 4 nitrogen and oxygen atoms in total. The highest BCUT2D eigenvalue weighted by atomic mass is 79.9. The van der Waals surface area contributed by atoms with E-state index in [1.165, 1.54) is 0 Å². The van der Waals surface area contributed by atoms with Crippen molar-refractivity contribution in [2.45, 2.75) is 6.42 Å². The van der Waals surface area contributed by atoms with Gasteiger partial charge < -0.3 is 10.2 Å². The largest absolute Gasteiger partial charge is 0.383 e. The number of Topliss-reactive ketones (excluding diaryl/α,β-unsaturated/α-hetero) is 1. The molecule has 94 valence electrons. The third-order valence-corrected chi connectivity index (χ3v) is 3.05. The molecular weight excluding hydrogens is 296 g/mol. The standard InChI is InChI=1S/C13H13BrN2O2/c1-16(2)7-8-5-12(17)15-11-4-3-9(14)6-10(11)13(8)18/h3-4,6-7H,5H2,1-2H3,(H,15,17)/b8-7+. The summed E-state index contributed by atoms with van der Waals surface area (Å²) in [6, 6.07) is 5.26. The molecule has 0 radical (unpaired) electrons. The van der Waals surface area contributed by atoms with Crippen LogP contribution in [-0.2, 0) is 4.79 Å². The van der Waals surface area contributed by atoms with Crippen LogP contribution in [0.1, 0.15) is 16.8 Å². The Balaban J connectivity index is 2.54. The van der Waals surface area contributed by atoms with E-state index in [1.807, 2.05) is 14.1 Å². The quantitative estimate of drug-likeness (QED) is 0.811. The SMILES string of the molecule is CN(C)/C=C1\CC(=O)Nc2ccc(Br)cc2C1=O. The molecule has 0 aliphatic carbocycles. The van der Waals surface area contributed by atoms with Crippen LogP contribution in [0.3, 0.4) is 0 Å². The highest BCUT2D eigenvalue weighted by molar-refractivity contribution is 9.10. The first-order chi connectivity index (χ1) is 8.47. The van der Waals surface area contributed by atoms with Crippen molar-refractivity contribution in [3.63, 3.8) is 0 Å². The molecular formula is C13H13BrN2O2. The van der Waals surface area contributed by atoms with Crippen molar-refractivity contribution >= 4 is 33.3 Å². The number of halogens is 1. The molecule has 2 rings (SSSR count). The van der Waals surface area contributed by atoms with Gasteiger partial charge in [0.1, 0.15) is 0 Å². The number of fused-ring (bicyclic) bond motifs is 1. The molecule has 0 atom stereocenters. The van der Waals surface area contributed by atoms with Crippen molar-refractivity contribution in [2.75, 3.05) is 19.4 Å². The predicted octanol–water partition coefficient (Wildman–Crippen LogP) is 2.42. The summed E-state index contributed by atoms with van der Waals surface area (Å²) in [5, 5.41) is 2.74. The smallest absolute Gasteiger partial charge is 0.229 e. The van der Waals surface area contributed by atoms with Gasteiger partial charge in [0.05, 0.1) is 12.1 Å². The number of benzene rings is 1. The van der Waals surface area contributed by atoms with Crippen molar-refractivity contribution in [3.8, 4) is 0 Å². The van der Waals surface area contributed by atoms with Crippen molar-refractivity contribution in [1.82, 2.24) is 4.90 Å². The van der Waals surface area contributed by atoms with Crippen molar-refractivity contribution < 1.29 is 9.59 Å². The first kappa shape index (κ1) is 12.8. The molecule has 5 heteroatoms. The Morgan fingerprint density at radius 2 is 2.06 bits per heavy atom. The van der Waals surface area contributed by atoms with Crippen LogP contribution in [0.25, 0.3) is 0 Å². The molecule has 0 spiro atoms.